The van der Waals surface area contributed by atoms with Gasteiger partial charge in [-0.1, -0.05) is 24.6 Å². The average molecular weight is 283 g/mol. The molecule has 0 radical (unpaired) electrons. The van der Waals surface area contributed by atoms with Gasteiger partial charge in [0.25, 0.3) is 0 Å². The third kappa shape index (κ3) is 3.08. The maximum atomic E-state index is 11.1. The van der Waals surface area contributed by atoms with Crippen molar-refractivity contribution >= 4 is 17.5 Å². The SMILES string of the molecule is CC1CCN(Cc2ccc(C(N)=O)cc2Cl)C1CO. The molecule has 0 bridgehead atoms. The molecule has 19 heavy (non-hydrogen) atoms. The molecule has 1 saturated heterocycles. The van der Waals surface area contributed by atoms with Gasteiger partial charge in [0.1, 0.15) is 0 Å². The van der Waals surface area contributed by atoms with Gasteiger partial charge < -0.3 is 10.8 Å². The van der Waals surface area contributed by atoms with E-state index in [0.717, 1.165) is 18.5 Å². The molecule has 0 spiro atoms. The Morgan fingerprint density at radius 2 is 2.32 bits per heavy atom. The van der Waals surface area contributed by atoms with E-state index in [1.54, 1.807) is 12.1 Å². The fourth-order valence-electron chi connectivity index (χ4n) is 2.63. The van der Waals surface area contributed by atoms with Gasteiger partial charge in [-0.3, -0.25) is 9.69 Å². The third-order valence-electron chi connectivity index (χ3n) is 3.90. The zero-order valence-electron chi connectivity index (χ0n) is 11.0. The molecule has 4 nitrogen and oxygen atoms in total. The summed E-state index contributed by atoms with van der Waals surface area (Å²) in [5.41, 5.74) is 6.59. The van der Waals surface area contributed by atoms with Crippen LogP contribution in [0.15, 0.2) is 18.2 Å². The summed E-state index contributed by atoms with van der Waals surface area (Å²) in [6.07, 6.45) is 1.09. The molecule has 1 aromatic rings. The van der Waals surface area contributed by atoms with E-state index in [1.165, 1.54) is 0 Å². The summed E-state index contributed by atoms with van der Waals surface area (Å²) in [5, 5.41) is 9.98. The molecule has 3 N–H and O–H groups in total. The smallest absolute Gasteiger partial charge is 0.248 e. The highest BCUT2D eigenvalue weighted by molar-refractivity contribution is 6.31. The van der Waals surface area contributed by atoms with Gasteiger partial charge in [0.05, 0.1) is 6.61 Å². The predicted molar refractivity (Wildman–Crippen MR) is 75.0 cm³/mol. The maximum absolute atomic E-state index is 11.1. The number of hydrogen-bond donors (Lipinski definition) is 2. The van der Waals surface area contributed by atoms with Gasteiger partial charge in [-0.05, 0) is 36.6 Å². The molecule has 1 aliphatic rings. The number of hydrogen-bond acceptors (Lipinski definition) is 3. The quantitative estimate of drug-likeness (QED) is 0.882. The molecule has 1 amide bonds. The monoisotopic (exact) mass is 282 g/mol. The van der Waals surface area contributed by atoms with Crippen molar-refractivity contribution in [1.82, 2.24) is 4.90 Å². The number of halogens is 1. The van der Waals surface area contributed by atoms with E-state index in [1.807, 2.05) is 6.07 Å². The van der Waals surface area contributed by atoms with Crippen molar-refractivity contribution in [3.8, 4) is 0 Å². The van der Waals surface area contributed by atoms with Gasteiger partial charge in [-0.2, -0.15) is 0 Å². The van der Waals surface area contributed by atoms with E-state index in [4.69, 9.17) is 17.3 Å². The highest BCUT2D eigenvalue weighted by atomic mass is 35.5. The number of aliphatic hydroxyl groups excluding tert-OH is 1. The lowest BCUT2D eigenvalue weighted by atomic mass is 10.0. The molecule has 1 aliphatic heterocycles. The molecule has 0 saturated carbocycles. The van der Waals surface area contributed by atoms with Gasteiger partial charge in [-0.15, -0.1) is 0 Å². The van der Waals surface area contributed by atoms with Crippen LogP contribution in [0.25, 0.3) is 0 Å². The van der Waals surface area contributed by atoms with E-state index in [-0.39, 0.29) is 12.6 Å². The average Bonchev–Trinajstić information content (AvgIpc) is 2.72. The van der Waals surface area contributed by atoms with Gasteiger partial charge >= 0.3 is 0 Å². The Hall–Kier alpha value is -1.10. The first-order valence-corrected chi connectivity index (χ1v) is 6.84. The Labute approximate surface area is 118 Å². The van der Waals surface area contributed by atoms with Crippen molar-refractivity contribution in [2.24, 2.45) is 11.7 Å². The first-order valence-electron chi connectivity index (χ1n) is 6.46. The van der Waals surface area contributed by atoms with E-state index < -0.39 is 5.91 Å². The second-order valence-electron chi connectivity index (χ2n) is 5.16. The molecular formula is C14H19ClN2O2. The number of benzene rings is 1. The van der Waals surface area contributed by atoms with Crippen molar-refractivity contribution in [1.29, 1.82) is 0 Å². The van der Waals surface area contributed by atoms with Crippen LogP contribution < -0.4 is 5.73 Å². The molecule has 1 heterocycles. The van der Waals surface area contributed by atoms with E-state index in [0.29, 0.717) is 23.0 Å². The van der Waals surface area contributed by atoms with Crippen LogP contribution in [0.3, 0.4) is 0 Å². The zero-order chi connectivity index (χ0) is 14.0. The molecule has 104 valence electrons. The Morgan fingerprint density at radius 1 is 1.58 bits per heavy atom. The van der Waals surface area contributed by atoms with Crippen molar-refractivity contribution in [2.45, 2.75) is 25.9 Å². The fraction of sp³-hybridized carbons (Fsp3) is 0.500. The number of nitrogens with zero attached hydrogens (tertiary/aromatic N) is 1. The number of rotatable bonds is 4. The lowest BCUT2D eigenvalue weighted by molar-refractivity contribution is 0.100. The molecule has 2 atom stereocenters. The lowest BCUT2D eigenvalue weighted by Gasteiger charge is -2.25. The molecular weight excluding hydrogens is 264 g/mol. The zero-order valence-corrected chi connectivity index (χ0v) is 11.7. The fourth-order valence-corrected chi connectivity index (χ4v) is 2.87. The first-order chi connectivity index (χ1) is 9.02. The Kier molecular flexibility index (Phi) is 4.45. The Morgan fingerprint density at radius 3 is 2.89 bits per heavy atom. The number of aliphatic hydroxyl groups is 1. The number of carbonyl (C=O) groups is 1. The second-order valence-corrected chi connectivity index (χ2v) is 5.56. The second kappa shape index (κ2) is 5.90. The summed E-state index contributed by atoms with van der Waals surface area (Å²) in [5.74, 6) is 0.0187. The van der Waals surface area contributed by atoms with Crippen LogP contribution in [0.5, 0.6) is 0 Å². The normalized spacial score (nSPS) is 23.7. The molecule has 5 heteroatoms. The van der Waals surface area contributed by atoms with E-state index in [9.17, 15) is 9.90 Å². The van der Waals surface area contributed by atoms with Gasteiger partial charge in [0.15, 0.2) is 0 Å². The van der Waals surface area contributed by atoms with Crippen LogP contribution >= 0.6 is 11.6 Å². The molecule has 1 fully saturated rings. The number of amides is 1. The lowest BCUT2D eigenvalue weighted by Crippen LogP contribution is -2.34. The van der Waals surface area contributed by atoms with Crippen LogP contribution in [0, 0.1) is 5.92 Å². The van der Waals surface area contributed by atoms with Crippen LogP contribution in [0.2, 0.25) is 5.02 Å². The summed E-state index contributed by atoms with van der Waals surface area (Å²) >= 11 is 6.18. The maximum Gasteiger partial charge on any atom is 0.248 e. The highest BCUT2D eigenvalue weighted by Crippen LogP contribution is 2.27. The minimum absolute atomic E-state index is 0.165. The standard InChI is InChI=1S/C14H19ClN2O2/c1-9-4-5-17(13(9)8-18)7-11-3-2-10(14(16)19)6-12(11)15/h2-3,6,9,13,18H,4-5,7-8H2,1H3,(H2,16,19). The highest BCUT2D eigenvalue weighted by Gasteiger charge is 2.30. The summed E-state index contributed by atoms with van der Waals surface area (Å²) < 4.78 is 0. The topological polar surface area (TPSA) is 66.6 Å². The van der Waals surface area contributed by atoms with Gasteiger partial charge in [0.2, 0.25) is 5.91 Å². The Bertz CT molecular complexity index is 479. The summed E-state index contributed by atoms with van der Waals surface area (Å²) in [6.45, 7) is 3.96. The van der Waals surface area contributed by atoms with Gasteiger partial charge in [0, 0.05) is 23.2 Å². The number of primary amides is 1. The van der Waals surface area contributed by atoms with E-state index in [2.05, 4.69) is 11.8 Å². The number of nitrogens with two attached hydrogens (primary N) is 1. The summed E-state index contributed by atoms with van der Waals surface area (Å²) in [6, 6.07) is 5.32. The van der Waals surface area contributed by atoms with Crippen molar-refractivity contribution in [3.05, 3.63) is 34.3 Å². The van der Waals surface area contributed by atoms with Crippen molar-refractivity contribution in [2.75, 3.05) is 13.2 Å². The Balaban J connectivity index is 2.13. The van der Waals surface area contributed by atoms with Crippen molar-refractivity contribution < 1.29 is 9.90 Å². The largest absolute Gasteiger partial charge is 0.395 e. The van der Waals surface area contributed by atoms with E-state index >= 15 is 0 Å². The van der Waals surface area contributed by atoms with Crippen LogP contribution in [0.4, 0.5) is 0 Å². The molecule has 2 unspecified atom stereocenters. The number of likely N-dealkylation sites (tertiary alicyclic amines) is 1. The predicted octanol–water partition coefficient (Wildman–Crippen LogP) is 1.64. The first kappa shape index (κ1) is 14.3. The summed E-state index contributed by atoms with van der Waals surface area (Å²) in [4.78, 5) is 13.3. The van der Waals surface area contributed by atoms with Crippen LogP contribution in [-0.4, -0.2) is 35.1 Å². The van der Waals surface area contributed by atoms with Gasteiger partial charge in [-0.25, -0.2) is 0 Å². The molecule has 0 aliphatic carbocycles. The molecule has 1 aromatic carbocycles. The minimum atomic E-state index is -0.475. The van der Waals surface area contributed by atoms with Crippen molar-refractivity contribution in [3.63, 3.8) is 0 Å². The van der Waals surface area contributed by atoms with Crippen LogP contribution in [-0.2, 0) is 6.54 Å². The molecule has 2 rings (SSSR count). The summed E-state index contributed by atoms with van der Waals surface area (Å²) in [7, 11) is 0. The van der Waals surface area contributed by atoms with Crippen LogP contribution in [0.1, 0.15) is 29.3 Å². The third-order valence-corrected chi connectivity index (χ3v) is 4.25. The minimum Gasteiger partial charge on any atom is -0.395 e. The molecule has 0 aromatic heterocycles. The number of carbonyl (C=O) groups excluding carboxylic acids is 1.